The molecule has 4 heteroatoms. The van der Waals surface area contributed by atoms with Crippen LogP contribution in [0.2, 0.25) is 0 Å². The summed E-state index contributed by atoms with van der Waals surface area (Å²) < 4.78 is -0.446. The Balaban J connectivity index is 2.68. The van der Waals surface area contributed by atoms with Gasteiger partial charge in [0.1, 0.15) is 5.41 Å². The molecule has 2 aromatic rings. The number of hydrogen-bond acceptors (Lipinski definition) is 2. The van der Waals surface area contributed by atoms with Crippen LogP contribution >= 0.6 is 0 Å². The number of hydrogen-bond donors (Lipinski definition) is 1. The Kier molecular flexibility index (Phi) is 5.42. The molecule has 128 valence electrons. The highest BCUT2D eigenvalue weighted by molar-refractivity contribution is 5.92. The summed E-state index contributed by atoms with van der Waals surface area (Å²) in [6.07, 6.45) is 0.428. The minimum absolute atomic E-state index is 0.0970. The van der Waals surface area contributed by atoms with Crippen molar-refractivity contribution in [2.45, 2.75) is 24.8 Å². The SMILES string of the molecule is CNC(=O)C(C[C@@H](C)[N+](C)(C)[O-])(c1ccccc1)c1ccccc1. The van der Waals surface area contributed by atoms with Crippen molar-refractivity contribution in [3.8, 4) is 0 Å². The molecule has 0 saturated heterocycles. The third kappa shape index (κ3) is 3.50. The lowest BCUT2D eigenvalue weighted by Gasteiger charge is -2.44. The van der Waals surface area contributed by atoms with E-state index in [9.17, 15) is 10.0 Å². The number of nitrogens with zero attached hydrogens (tertiary/aromatic N) is 1. The molecule has 1 N–H and O–H groups in total. The summed E-state index contributed by atoms with van der Waals surface area (Å²) in [5.41, 5.74) is 0.906. The van der Waals surface area contributed by atoms with Crippen molar-refractivity contribution in [3.05, 3.63) is 77.0 Å². The first kappa shape index (κ1) is 18.2. The van der Waals surface area contributed by atoms with Gasteiger partial charge in [-0.15, -0.1) is 0 Å². The topological polar surface area (TPSA) is 52.2 Å². The van der Waals surface area contributed by atoms with Crippen molar-refractivity contribution in [1.82, 2.24) is 5.32 Å². The van der Waals surface area contributed by atoms with E-state index in [4.69, 9.17) is 0 Å². The number of nitrogens with one attached hydrogen (secondary N) is 1. The van der Waals surface area contributed by atoms with Crippen LogP contribution in [-0.4, -0.2) is 37.7 Å². The van der Waals surface area contributed by atoms with Gasteiger partial charge in [0.2, 0.25) is 5.91 Å². The van der Waals surface area contributed by atoms with E-state index in [0.717, 1.165) is 11.1 Å². The van der Waals surface area contributed by atoms with Gasteiger partial charge in [0.15, 0.2) is 0 Å². The van der Waals surface area contributed by atoms with Crippen LogP contribution in [0.5, 0.6) is 0 Å². The molecule has 0 heterocycles. The normalized spacial score (nSPS) is 13.4. The smallest absolute Gasteiger partial charge is 0.235 e. The monoisotopic (exact) mass is 326 g/mol. The van der Waals surface area contributed by atoms with E-state index in [-0.39, 0.29) is 11.9 Å². The van der Waals surface area contributed by atoms with Gasteiger partial charge in [0, 0.05) is 13.5 Å². The molecule has 0 unspecified atom stereocenters. The van der Waals surface area contributed by atoms with Crippen LogP contribution in [0.1, 0.15) is 24.5 Å². The van der Waals surface area contributed by atoms with E-state index in [2.05, 4.69) is 5.32 Å². The number of amides is 1. The number of carbonyl (C=O) groups is 1. The molecule has 0 aliphatic carbocycles. The molecule has 0 saturated carbocycles. The number of carbonyl (C=O) groups excluding carboxylic acids is 1. The van der Waals surface area contributed by atoms with Crippen LogP contribution in [0.4, 0.5) is 0 Å². The first-order valence-electron chi connectivity index (χ1n) is 8.20. The summed E-state index contributed by atoms with van der Waals surface area (Å²) in [6, 6.07) is 19.2. The minimum atomic E-state index is -0.892. The largest absolute Gasteiger partial charge is 0.633 e. The van der Waals surface area contributed by atoms with E-state index < -0.39 is 10.1 Å². The molecule has 4 nitrogen and oxygen atoms in total. The van der Waals surface area contributed by atoms with Crippen molar-refractivity contribution in [2.24, 2.45) is 0 Å². The van der Waals surface area contributed by atoms with Crippen molar-refractivity contribution < 1.29 is 9.44 Å². The first-order chi connectivity index (χ1) is 11.3. The Hall–Kier alpha value is -2.17. The predicted molar refractivity (Wildman–Crippen MR) is 97.3 cm³/mol. The van der Waals surface area contributed by atoms with Crippen molar-refractivity contribution in [3.63, 3.8) is 0 Å². The maximum absolute atomic E-state index is 13.1. The number of hydroxylamine groups is 3. The van der Waals surface area contributed by atoms with Gasteiger partial charge in [-0.2, -0.15) is 0 Å². The quantitative estimate of drug-likeness (QED) is 0.655. The molecule has 1 atom stereocenters. The molecular formula is C20H26N2O2. The standard InChI is InChI=1S/C20H26N2O2/c1-16(22(3,4)24)15-20(19(23)21-2,17-11-7-5-8-12-17)18-13-9-6-10-14-18/h5-14,16H,15H2,1-4H3,(H,21,23)/t16-/m1/s1. The van der Waals surface area contributed by atoms with Crippen molar-refractivity contribution >= 4 is 5.91 Å². The van der Waals surface area contributed by atoms with Crippen LogP contribution < -0.4 is 5.32 Å². The number of benzene rings is 2. The average Bonchev–Trinajstić information content (AvgIpc) is 2.59. The lowest BCUT2D eigenvalue weighted by Crippen LogP contribution is -2.51. The summed E-state index contributed by atoms with van der Waals surface area (Å²) >= 11 is 0. The zero-order valence-corrected chi connectivity index (χ0v) is 14.8. The summed E-state index contributed by atoms with van der Waals surface area (Å²) in [5.74, 6) is -0.0970. The fourth-order valence-electron chi connectivity index (χ4n) is 3.08. The molecule has 0 fully saturated rings. The molecule has 0 bridgehead atoms. The lowest BCUT2D eigenvalue weighted by molar-refractivity contribution is -0.865. The van der Waals surface area contributed by atoms with Gasteiger partial charge < -0.3 is 15.2 Å². The molecule has 2 rings (SSSR count). The van der Waals surface area contributed by atoms with Gasteiger partial charge in [-0.1, -0.05) is 60.7 Å². The third-order valence-corrected chi connectivity index (χ3v) is 4.81. The van der Waals surface area contributed by atoms with E-state index >= 15 is 0 Å². The molecule has 24 heavy (non-hydrogen) atoms. The molecular weight excluding hydrogens is 300 g/mol. The Morgan fingerprint density at radius 1 is 1.04 bits per heavy atom. The first-order valence-corrected chi connectivity index (χ1v) is 8.20. The molecule has 0 aliphatic heterocycles. The van der Waals surface area contributed by atoms with Gasteiger partial charge in [0.25, 0.3) is 0 Å². The van der Waals surface area contributed by atoms with E-state index in [1.54, 1.807) is 21.1 Å². The summed E-state index contributed by atoms with van der Waals surface area (Å²) in [6.45, 7) is 1.90. The van der Waals surface area contributed by atoms with E-state index in [1.807, 2.05) is 67.6 Å². The maximum Gasteiger partial charge on any atom is 0.235 e. The number of rotatable bonds is 6. The van der Waals surface area contributed by atoms with Gasteiger partial charge >= 0.3 is 0 Å². The Morgan fingerprint density at radius 2 is 1.46 bits per heavy atom. The van der Waals surface area contributed by atoms with Gasteiger partial charge in [-0.05, 0) is 18.1 Å². The Morgan fingerprint density at radius 3 is 1.79 bits per heavy atom. The molecule has 2 aromatic carbocycles. The van der Waals surface area contributed by atoms with Crippen molar-refractivity contribution in [2.75, 3.05) is 21.1 Å². The second-order valence-electron chi connectivity index (χ2n) is 6.70. The Labute approximate surface area is 144 Å². The highest BCUT2D eigenvalue weighted by Crippen LogP contribution is 2.38. The van der Waals surface area contributed by atoms with Gasteiger partial charge in [-0.25, -0.2) is 0 Å². The second-order valence-corrected chi connectivity index (χ2v) is 6.70. The zero-order chi connectivity index (χ0) is 17.8. The highest BCUT2D eigenvalue weighted by Gasteiger charge is 2.44. The molecule has 1 amide bonds. The fraction of sp³-hybridized carbons (Fsp3) is 0.350. The van der Waals surface area contributed by atoms with Gasteiger partial charge in [0.05, 0.1) is 20.1 Å². The van der Waals surface area contributed by atoms with Crippen LogP contribution in [0, 0.1) is 5.21 Å². The molecule has 0 aliphatic rings. The van der Waals surface area contributed by atoms with Crippen LogP contribution in [0.15, 0.2) is 60.7 Å². The summed E-state index contributed by atoms with van der Waals surface area (Å²) in [5, 5.41) is 15.3. The second kappa shape index (κ2) is 7.16. The maximum atomic E-state index is 13.1. The molecule has 0 radical (unpaired) electrons. The van der Waals surface area contributed by atoms with Crippen LogP contribution in [0.25, 0.3) is 0 Å². The molecule has 0 spiro atoms. The average molecular weight is 326 g/mol. The lowest BCUT2D eigenvalue weighted by atomic mass is 9.69. The van der Waals surface area contributed by atoms with Gasteiger partial charge in [-0.3, -0.25) is 4.79 Å². The zero-order valence-electron chi connectivity index (χ0n) is 14.8. The van der Waals surface area contributed by atoms with E-state index in [0.29, 0.717) is 6.42 Å². The van der Waals surface area contributed by atoms with E-state index in [1.165, 1.54) is 0 Å². The number of quaternary nitrogens is 1. The van der Waals surface area contributed by atoms with Crippen LogP contribution in [-0.2, 0) is 10.2 Å². The minimum Gasteiger partial charge on any atom is -0.633 e. The predicted octanol–water partition coefficient (Wildman–Crippen LogP) is 3.07. The third-order valence-electron chi connectivity index (χ3n) is 4.81. The Bertz CT molecular complexity index is 624. The van der Waals surface area contributed by atoms with Crippen molar-refractivity contribution in [1.29, 1.82) is 0 Å². The fourth-order valence-corrected chi connectivity index (χ4v) is 3.08. The molecule has 0 aromatic heterocycles. The summed E-state index contributed by atoms with van der Waals surface area (Å²) in [4.78, 5) is 13.1. The highest BCUT2D eigenvalue weighted by atomic mass is 16.5. The summed E-state index contributed by atoms with van der Waals surface area (Å²) in [7, 11) is 4.88. The van der Waals surface area contributed by atoms with Crippen LogP contribution in [0.3, 0.4) is 0 Å². The number of likely N-dealkylation sites (N-methyl/N-ethyl adjacent to an activating group) is 1.